The van der Waals surface area contributed by atoms with Crippen LogP contribution in [0.1, 0.15) is 43.5 Å². The minimum absolute atomic E-state index is 0.222. The Hall–Kier alpha value is -2.57. The highest BCUT2D eigenvalue weighted by Crippen LogP contribution is 2.56. The topological polar surface area (TPSA) is 80.8 Å². The first-order chi connectivity index (χ1) is 13.8. The molecule has 2 saturated carbocycles. The smallest absolute Gasteiger partial charge is 0.330 e. The van der Waals surface area contributed by atoms with Gasteiger partial charge in [-0.3, -0.25) is 19.3 Å². The molecule has 4 rings (SSSR count). The minimum atomic E-state index is -1.04. The Morgan fingerprint density at radius 1 is 1.07 bits per heavy atom. The van der Waals surface area contributed by atoms with Gasteiger partial charge in [0, 0.05) is 5.56 Å². The highest BCUT2D eigenvalue weighted by Gasteiger charge is 2.62. The number of rotatable bonds is 6. The summed E-state index contributed by atoms with van der Waals surface area (Å²) in [6.07, 6.45) is 2.84. The lowest BCUT2D eigenvalue weighted by molar-refractivity contribution is -0.160. The van der Waals surface area contributed by atoms with Crippen molar-refractivity contribution in [2.24, 2.45) is 29.6 Å². The molecule has 1 aromatic carbocycles. The van der Waals surface area contributed by atoms with Gasteiger partial charge in [-0.25, -0.2) is 9.18 Å². The molecule has 5 atom stereocenters. The fraction of sp³-hybridized carbons (Fsp3) is 0.545. The van der Waals surface area contributed by atoms with E-state index in [1.807, 2.05) is 0 Å². The van der Waals surface area contributed by atoms with Crippen LogP contribution in [-0.2, 0) is 19.1 Å². The van der Waals surface area contributed by atoms with Gasteiger partial charge in [0.25, 0.3) is 0 Å². The third-order valence-electron chi connectivity index (χ3n) is 6.62. The second kappa shape index (κ2) is 7.35. The summed E-state index contributed by atoms with van der Waals surface area (Å²) < 4.78 is 18.2. The Labute approximate surface area is 168 Å². The van der Waals surface area contributed by atoms with E-state index in [1.165, 1.54) is 12.1 Å². The van der Waals surface area contributed by atoms with Crippen molar-refractivity contribution in [3.63, 3.8) is 0 Å². The molecule has 1 saturated heterocycles. The van der Waals surface area contributed by atoms with Crippen molar-refractivity contribution < 1.29 is 28.3 Å². The lowest BCUT2D eigenvalue weighted by Crippen LogP contribution is -2.50. The van der Waals surface area contributed by atoms with Gasteiger partial charge >= 0.3 is 5.97 Å². The molecule has 1 aromatic rings. The monoisotopic (exact) mass is 401 g/mol. The van der Waals surface area contributed by atoms with E-state index >= 15 is 0 Å². The van der Waals surface area contributed by atoms with Crippen LogP contribution in [0.25, 0.3) is 0 Å². The van der Waals surface area contributed by atoms with Crippen molar-refractivity contribution in [1.29, 1.82) is 0 Å². The van der Waals surface area contributed by atoms with Crippen LogP contribution in [-0.4, -0.2) is 41.1 Å². The summed E-state index contributed by atoms with van der Waals surface area (Å²) in [6, 6.07) is 3.90. The van der Waals surface area contributed by atoms with E-state index in [1.54, 1.807) is 13.8 Å². The number of benzene rings is 1. The van der Waals surface area contributed by atoms with Crippen molar-refractivity contribution in [2.45, 2.75) is 39.2 Å². The molecule has 29 heavy (non-hydrogen) atoms. The number of fused-ring (bicyclic) bond motifs is 5. The SMILES string of the molecule is CC(C)[C@H](C(=O)OCC(=O)c1ccc(F)cc1)N1C(=O)[C@@H]2[C@H]3CC[C@@H](C3)[C@@H]2C1=O. The van der Waals surface area contributed by atoms with Gasteiger partial charge in [0.1, 0.15) is 11.9 Å². The Morgan fingerprint density at radius 2 is 1.62 bits per heavy atom. The first kappa shape index (κ1) is 19.7. The number of likely N-dealkylation sites (tertiary alicyclic amines) is 1. The van der Waals surface area contributed by atoms with Gasteiger partial charge in [0.15, 0.2) is 12.4 Å². The third kappa shape index (κ3) is 3.26. The number of ether oxygens (including phenoxy) is 1. The van der Waals surface area contributed by atoms with Crippen LogP contribution in [0, 0.1) is 35.4 Å². The summed E-state index contributed by atoms with van der Waals surface area (Å²) in [6.45, 7) is 2.97. The second-order valence-electron chi connectivity index (χ2n) is 8.66. The van der Waals surface area contributed by atoms with Crippen LogP contribution in [0.2, 0.25) is 0 Å². The van der Waals surface area contributed by atoms with Gasteiger partial charge in [-0.05, 0) is 61.3 Å². The first-order valence-corrected chi connectivity index (χ1v) is 10.1. The Kier molecular flexibility index (Phi) is 5.00. The average Bonchev–Trinajstić information content (AvgIpc) is 3.36. The van der Waals surface area contributed by atoms with Crippen LogP contribution >= 0.6 is 0 Å². The highest BCUT2D eigenvalue weighted by molar-refractivity contribution is 6.09. The van der Waals surface area contributed by atoms with Crippen molar-refractivity contribution in [3.8, 4) is 0 Å². The number of carbonyl (C=O) groups is 4. The van der Waals surface area contributed by atoms with Gasteiger partial charge in [-0.1, -0.05) is 13.8 Å². The quantitative estimate of drug-likeness (QED) is 0.416. The number of Topliss-reactive ketones (excluding diaryl/α,β-unsaturated/α-hetero) is 1. The van der Waals surface area contributed by atoms with Crippen molar-refractivity contribution >= 4 is 23.6 Å². The van der Waals surface area contributed by atoms with Gasteiger partial charge in [0.05, 0.1) is 11.8 Å². The maximum atomic E-state index is 13.0. The predicted octanol–water partition coefficient (Wildman–Crippen LogP) is 2.61. The van der Waals surface area contributed by atoms with E-state index in [4.69, 9.17) is 4.74 Å². The molecule has 0 aromatic heterocycles. The molecule has 2 aliphatic carbocycles. The van der Waals surface area contributed by atoms with Crippen molar-refractivity contribution in [2.75, 3.05) is 6.61 Å². The molecule has 3 fully saturated rings. The highest BCUT2D eigenvalue weighted by atomic mass is 19.1. The lowest BCUT2D eigenvalue weighted by atomic mass is 9.81. The molecule has 2 bridgehead atoms. The maximum Gasteiger partial charge on any atom is 0.330 e. The van der Waals surface area contributed by atoms with Crippen LogP contribution in [0.4, 0.5) is 4.39 Å². The summed E-state index contributed by atoms with van der Waals surface area (Å²) >= 11 is 0. The van der Waals surface area contributed by atoms with Gasteiger partial charge < -0.3 is 4.74 Å². The van der Waals surface area contributed by atoms with Gasteiger partial charge in [0.2, 0.25) is 11.8 Å². The fourth-order valence-corrected chi connectivity index (χ4v) is 5.32. The van der Waals surface area contributed by atoms with E-state index < -0.39 is 30.2 Å². The van der Waals surface area contributed by atoms with E-state index in [2.05, 4.69) is 0 Å². The van der Waals surface area contributed by atoms with E-state index in [0.29, 0.717) is 0 Å². The number of ketones is 1. The fourth-order valence-electron chi connectivity index (χ4n) is 5.32. The largest absolute Gasteiger partial charge is 0.456 e. The Balaban J connectivity index is 1.47. The summed E-state index contributed by atoms with van der Waals surface area (Å²) in [5, 5.41) is 0. The van der Waals surface area contributed by atoms with E-state index in [0.717, 1.165) is 36.3 Å². The zero-order valence-corrected chi connectivity index (χ0v) is 16.5. The van der Waals surface area contributed by atoms with Crippen molar-refractivity contribution in [3.05, 3.63) is 35.6 Å². The number of esters is 1. The minimum Gasteiger partial charge on any atom is -0.456 e. The zero-order valence-electron chi connectivity index (χ0n) is 16.5. The Morgan fingerprint density at radius 3 is 2.14 bits per heavy atom. The molecule has 0 radical (unpaired) electrons. The number of nitrogens with zero attached hydrogens (tertiary/aromatic N) is 1. The normalized spacial score (nSPS) is 28.8. The average molecular weight is 401 g/mol. The van der Waals surface area contributed by atoms with Crippen LogP contribution in [0.3, 0.4) is 0 Å². The first-order valence-electron chi connectivity index (χ1n) is 10.1. The van der Waals surface area contributed by atoms with Crippen LogP contribution in [0.15, 0.2) is 24.3 Å². The van der Waals surface area contributed by atoms with Crippen molar-refractivity contribution in [1.82, 2.24) is 4.90 Å². The predicted molar refractivity (Wildman–Crippen MR) is 100.0 cm³/mol. The third-order valence-corrected chi connectivity index (χ3v) is 6.62. The number of hydrogen-bond donors (Lipinski definition) is 0. The van der Waals surface area contributed by atoms with E-state index in [9.17, 15) is 23.6 Å². The Bertz CT molecular complexity index is 836. The number of amides is 2. The summed E-state index contributed by atoms with van der Waals surface area (Å²) in [7, 11) is 0. The second-order valence-corrected chi connectivity index (χ2v) is 8.66. The molecular formula is C22H24FNO5. The standard InChI is InChI=1S/C22H24FNO5/c1-11(2)19(22(28)29-10-16(25)12-5-7-15(23)8-6-12)24-20(26)17-13-3-4-14(9-13)18(17)21(24)27/h5-8,11,13-14,17-19H,3-4,9-10H2,1-2H3/t13-,14-,17-,18+,19+/m0/s1. The number of hydrogen-bond acceptors (Lipinski definition) is 5. The molecule has 1 heterocycles. The lowest BCUT2D eigenvalue weighted by Gasteiger charge is -2.28. The maximum absolute atomic E-state index is 13.0. The molecule has 6 nitrogen and oxygen atoms in total. The zero-order chi connectivity index (χ0) is 20.9. The summed E-state index contributed by atoms with van der Waals surface area (Å²) in [5.74, 6) is -2.74. The van der Waals surface area contributed by atoms with Crippen LogP contribution in [0.5, 0.6) is 0 Å². The summed E-state index contributed by atoms with van der Waals surface area (Å²) in [4.78, 5) is 52.1. The molecule has 0 unspecified atom stereocenters. The molecule has 7 heteroatoms. The molecule has 1 aliphatic heterocycles. The molecule has 0 N–H and O–H groups in total. The van der Waals surface area contributed by atoms with E-state index in [-0.39, 0.29) is 47.0 Å². The number of imide groups is 1. The number of halogens is 1. The van der Waals surface area contributed by atoms with Gasteiger partial charge in [-0.2, -0.15) is 0 Å². The molecule has 154 valence electrons. The summed E-state index contributed by atoms with van der Waals surface area (Å²) in [5.41, 5.74) is 0.222. The molecule has 0 spiro atoms. The molecule has 2 amide bonds. The van der Waals surface area contributed by atoms with Crippen LogP contribution < -0.4 is 0 Å². The molecule has 3 aliphatic rings. The number of carbonyl (C=O) groups excluding carboxylic acids is 4. The van der Waals surface area contributed by atoms with Gasteiger partial charge in [-0.15, -0.1) is 0 Å². The molecular weight excluding hydrogens is 377 g/mol.